The summed E-state index contributed by atoms with van der Waals surface area (Å²) in [6.45, 7) is 3.57. The average molecular weight is 438 g/mol. The molecule has 0 aliphatic carbocycles. The van der Waals surface area contributed by atoms with E-state index >= 15 is 0 Å². The second-order valence-electron chi connectivity index (χ2n) is 8.58. The number of nitrogens with two attached hydrogens (primary N) is 1. The maximum Gasteiger partial charge on any atom is 0.135 e. The van der Waals surface area contributed by atoms with Crippen molar-refractivity contribution in [2.45, 2.75) is 44.3 Å². The monoisotopic (exact) mass is 437 g/mol. The number of para-hydroxylation sites is 1. The molecule has 1 fully saturated rings. The van der Waals surface area contributed by atoms with E-state index in [9.17, 15) is 0 Å². The summed E-state index contributed by atoms with van der Waals surface area (Å²) in [6, 6.07) is 17.5. The number of nitrogens with zero attached hydrogens (tertiary/aromatic N) is 4. The Morgan fingerprint density at radius 3 is 2.55 bits per heavy atom. The number of benzene rings is 2. The summed E-state index contributed by atoms with van der Waals surface area (Å²) in [7, 11) is 0. The smallest absolute Gasteiger partial charge is 0.135 e. The van der Waals surface area contributed by atoms with E-state index in [4.69, 9.17) is 22.1 Å². The highest BCUT2D eigenvalue weighted by molar-refractivity contribution is 6.30. The van der Waals surface area contributed by atoms with Crippen molar-refractivity contribution in [3.8, 4) is 5.75 Å². The Balaban J connectivity index is 1.33. The molecule has 0 bridgehead atoms. The van der Waals surface area contributed by atoms with Gasteiger partial charge in [-0.15, -0.1) is 10.2 Å². The van der Waals surface area contributed by atoms with Crippen LogP contribution in [0.1, 0.15) is 30.4 Å². The minimum absolute atomic E-state index is 0.313. The molecule has 0 aromatic heterocycles. The lowest BCUT2D eigenvalue weighted by atomic mass is 9.97. The van der Waals surface area contributed by atoms with Gasteiger partial charge in [-0.2, -0.15) is 0 Å². The maximum atomic E-state index is 6.27. The van der Waals surface area contributed by atoms with Gasteiger partial charge in [-0.25, -0.2) is 0 Å². The zero-order valence-corrected chi connectivity index (χ0v) is 18.3. The molecule has 1 unspecified atom stereocenters. The number of likely N-dealkylation sites (tertiary alicyclic amines) is 1. The zero-order chi connectivity index (χ0) is 21.2. The molecule has 3 aliphatic heterocycles. The van der Waals surface area contributed by atoms with E-state index in [1.807, 2.05) is 12.1 Å². The van der Waals surface area contributed by atoms with Gasteiger partial charge in [0.05, 0.1) is 6.42 Å². The predicted molar refractivity (Wildman–Crippen MR) is 125 cm³/mol. The fourth-order valence-electron chi connectivity index (χ4n) is 4.86. The molecule has 1 saturated heterocycles. The molecular weight excluding hydrogens is 410 g/mol. The van der Waals surface area contributed by atoms with Gasteiger partial charge in [-0.3, -0.25) is 4.90 Å². The van der Waals surface area contributed by atoms with Gasteiger partial charge >= 0.3 is 0 Å². The number of hydrogen-bond donors (Lipinski definition) is 1. The van der Waals surface area contributed by atoms with Crippen molar-refractivity contribution < 1.29 is 4.74 Å². The van der Waals surface area contributed by atoms with E-state index in [1.54, 1.807) is 0 Å². The quantitative estimate of drug-likeness (QED) is 0.795. The molecule has 2 aromatic rings. The molecule has 6 nitrogen and oxygen atoms in total. The van der Waals surface area contributed by atoms with Gasteiger partial charge in [-0.1, -0.05) is 41.9 Å². The van der Waals surface area contributed by atoms with Crippen LogP contribution in [0.2, 0.25) is 5.02 Å². The van der Waals surface area contributed by atoms with Crippen LogP contribution in [0.3, 0.4) is 0 Å². The summed E-state index contributed by atoms with van der Waals surface area (Å²) in [5, 5.41) is 9.05. The lowest BCUT2D eigenvalue weighted by molar-refractivity contribution is 0.0670. The summed E-state index contributed by atoms with van der Waals surface area (Å²) >= 11 is 6.10. The van der Waals surface area contributed by atoms with Crippen LogP contribution in [-0.2, 0) is 13.0 Å². The highest BCUT2D eigenvalue weighted by Gasteiger charge is 2.33. The fraction of sp³-hybridized carbons (Fsp3) is 0.417. The van der Waals surface area contributed by atoms with Gasteiger partial charge in [0.15, 0.2) is 0 Å². The van der Waals surface area contributed by atoms with E-state index in [2.05, 4.69) is 56.4 Å². The summed E-state index contributed by atoms with van der Waals surface area (Å²) in [5.41, 5.74) is 8.38. The van der Waals surface area contributed by atoms with Gasteiger partial charge < -0.3 is 15.4 Å². The average Bonchev–Trinajstić information content (AvgIpc) is 3.15. The lowest BCUT2D eigenvalue weighted by Gasteiger charge is -2.42. The second-order valence-corrected chi connectivity index (χ2v) is 9.01. The van der Waals surface area contributed by atoms with Crippen LogP contribution >= 0.6 is 11.6 Å². The van der Waals surface area contributed by atoms with Gasteiger partial charge in [0.2, 0.25) is 0 Å². The molecule has 1 atom stereocenters. The van der Waals surface area contributed by atoms with E-state index in [-0.39, 0.29) is 0 Å². The molecular formula is C24H28ClN5O. The molecule has 31 heavy (non-hydrogen) atoms. The summed E-state index contributed by atoms with van der Waals surface area (Å²) in [4.78, 5) is 5.01. The molecule has 0 radical (unpaired) electrons. The molecule has 3 heterocycles. The summed E-state index contributed by atoms with van der Waals surface area (Å²) in [5.74, 6) is 2.64. The van der Waals surface area contributed by atoms with E-state index in [0.717, 1.165) is 55.5 Å². The second kappa shape index (κ2) is 8.89. The number of ether oxygens (including phenoxy) is 1. The molecule has 3 aliphatic rings. The zero-order valence-electron chi connectivity index (χ0n) is 17.6. The molecule has 7 heteroatoms. The maximum absolute atomic E-state index is 6.27. The van der Waals surface area contributed by atoms with Crippen molar-refractivity contribution in [1.29, 1.82) is 0 Å². The van der Waals surface area contributed by atoms with Crippen LogP contribution in [0.25, 0.3) is 0 Å². The van der Waals surface area contributed by atoms with Crippen molar-refractivity contribution in [3.05, 3.63) is 64.7 Å². The predicted octanol–water partition coefficient (Wildman–Crippen LogP) is 3.68. The van der Waals surface area contributed by atoms with Gasteiger partial charge in [-0.05, 0) is 43.0 Å². The Morgan fingerprint density at radius 2 is 1.81 bits per heavy atom. The van der Waals surface area contributed by atoms with Crippen LogP contribution in [-0.4, -0.2) is 53.3 Å². The van der Waals surface area contributed by atoms with Crippen LogP contribution in [0, 0.1) is 0 Å². The minimum Gasteiger partial charge on any atom is -0.492 e. The molecule has 2 N–H and O–H groups in total. The van der Waals surface area contributed by atoms with Crippen molar-refractivity contribution >= 4 is 23.3 Å². The SMILES string of the molecule is NC1=NN=C(N2CCC(N3Cc4ccccc4OCC3Cc3ccc(Cl)cc3)CC2)C1. The third-order valence-electron chi connectivity index (χ3n) is 6.54. The van der Waals surface area contributed by atoms with Gasteiger partial charge in [0.1, 0.15) is 24.0 Å². The fourth-order valence-corrected chi connectivity index (χ4v) is 4.99. The molecule has 0 spiro atoms. The Morgan fingerprint density at radius 1 is 1.03 bits per heavy atom. The summed E-state index contributed by atoms with van der Waals surface area (Å²) < 4.78 is 6.27. The first kappa shape index (κ1) is 20.3. The lowest BCUT2D eigenvalue weighted by Crippen LogP contribution is -2.51. The first-order valence-corrected chi connectivity index (χ1v) is 11.4. The van der Waals surface area contributed by atoms with Crippen LogP contribution in [0.15, 0.2) is 58.7 Å². The van der Waals surface area contributed by atoms with E-state index in [1.165, 1.54) is 11.1 Å². The van der Waals surface area contributed by atoms with Crippen molar-refractivity contribution in [2.24, 2.45) is 15.9 Å². The van der Waals surface area contributed by atoms with E-state index in [0.29, 0.717) is 30.9 Å². The largest absolute Gasteiger partial charge is 0.492 e. The summed E-state index contributed by atoms with van der Waals surface area (Å²) in [6.07, 6.45) is 3.81. The topological polar surface area (TPSA) is 66.5 Å². The van der Waals surface area contributed by atoms with Crippen LogP contribution < -0.4 is 10.5 Å². The van der Waals surface area contributed by atoms with Crippen molar-refractivity contribution in [2.75, 3.05) is 19.7 Å². The van der Waals surface area contributed by atoms with E-state index < -0.39 is 0 Å². The molecule has 2 aromatic carbocycles. The first-order chi connectivity index (χ1) is 15.2. The van der Waals surface area contributed by atoms with Crippen LogP contribution in [0.4, 0.5) is 0 Å². The Labute approximate surface area is 188 Å². The Bertz CT molecular complexity index is 982. The Kier molecular flexibility index (Phi) is 5.83. The number of amidine groups is 2. The first-order valence-electron chi connectivity index (χ1n) is 11.0. The number of hydrogen-bond acceptors (Lipinski definition) is 6. The van der Waals surface area contributed by atoms with Crippen molar-refractivity contribution in [1.82, 2.24) is 9.80 Å². The van der Waals surface area contributed by atoms with Crippen molar-refractivity contribution in [3.63, 3.8) is 0 Å². The molecule has 162 valence electrons. The number of fused-ring (bicyclic) bond motifs is 1. The number of rotatable bonds is 3. The highest BCUT2D eigenvalue weighted by Crippen LogP contribution is 2.30. The van der Waals surface area contributed by atoms with Gasteiger partial charge in [0.25, 0.3) is 0 Å². The third-order valence-corrected chi connectivity index (χ3v) is 6.79. The van der Waals surface area contributed by atoms with Gasteiger partial charge in [0, 0.05) is 42.3 Å². The standard InChI is InChI=1S/C24H28ClN5O/c25-19-7-5-17(6-8-19)13-21-16-31-22-4-2-1-3-18(22)15-30(21)20-9-11-29(12-10-20)24-14-23(26)27-28-24/h1-8,20-21H,9-16H2,(H2,26,27). The van der Waals surface area contributed by atoms with Crippen LogP contribution in [0.5, 0.6) is 5.75 Å². The third kappa shape index (κ3) is 4.55. The minimum atomic E-state index is 0.313. The number of halogens is 1. The molecule has 0 amide bonds. The highest BCUT2D eigenvalue weighted by atomic mass is 35.5. The molecule has 0 saturated carbocycles. The normalized spacial score (nSPS) is 22.4. The Hall–Kier alpha value is -2.57. The molecule has 5 rings (SSSR count). The number of piperidine rings is 1.